The maximum absolute atomic E-state index is 5.70. The Hall–Kier alpha value is -5.04. The molecular formula is C42H46Cl2N4O2. The third-order valence-corrected chi connectivity index (χ3v) is 8.22. The van der Waals surface area contributed by atoms with E-state index in [4.69, 9.17) is 8.83 Å². The summed E-state index contributed by atoms with van der Waals surface area (Å²) in [7, 11) is 16.4. The van der Waals surface area contributed by atoms with E-state index in [1.165, 1.54) is 22.8 Å². The lowest BCUT2D eigenvalue weighted by molar-refractivity contribution is -0.462. The maximum atomic E-state index is 5.70. The van der Waals surface area contributed by atoms with Crippen LogP contribution < -0.4 is 34.6 Å². The van der Waals surface area contributed by atoms with Crippen LogP contribution in [0.25, 0.3) is 11.1 Å². The molecule has 2 aromatic carbocycles. The second kappa shape index (κ2) is 18.1. The Morgan fingerprint density at radius 3 is 1.02 bits per heavy atom. The van der Waals surface area contributed by atoms with E-state index in [2.05, 4.69) is 116 Å². The third-order valence-electron chi connectivity index (χ3n) is 8.22. The van der Waals surface area contributed by atoms with E-state index in [0.717, 1.165) is 44.9 Å². The highest BCUT2D eigenvalue weighted by Crippen LogP contribution is 2.32. The molecule has 2 aromatic heterocycles. The summed E-state index contributed by atoms with van der Waals surface area (Å²) in [6.45, 7) is 0. The van der Waals surface area contributed by atoms with Crippen LogP contribution in [0.2, 0.25) is 0 Å². The monoisotopic (exact) mass is 708 g/mol. The Bertz CT molecular complexity index is 1780. The van der Waals surface area contributed by atoms with Crippen molar-refractivity contribution in [3.63, 3.8) is 0 Å². The maximum Gasteiger partial charge on any atom is 0.199 e. The van der Waals surface area contributed by atoms with Crippen LogP contribution >= 0.6 is 0 Å². The smallest absolute Gasteiger partial charge is 0.199 e. The number of halogens is 2. The van der Waals surface area contributed by atoms with E-state index in [1.54, 1.807) is 12.5 Å². The minimum atomic E-state index is 0. The summed E-state index contributed by atoms with van der Waals surface area (Å²) in [6.07, 6.45) is 20.5. The SMILES string of the molecule is CN(C)c1ccc(C(=C2C=CC(=[N+](C)C)C=C2)c2ccco2)cc1.CN(C)c1ccc(C(=C2C=CC(=[N+](C)C)C=C2)c2ccco2)cc1.[Cl-].[Cl-]. The van der Waals surface area contributed by atoms with E-state index < -0.39 is 0 Å². The Morgan fingerprint density at radius 2 is 0.780 bits per heavy atom. The van der Waals surface area contributed by atoms with Crippen LogP contribution in [0, 0.1) is 0 Å². The summed E-state index contributed by atoms with van der Waals surface area (Å²) in [6, 6.07) is 25.0. The van der Waals surface area contributed by atoms with E-state index in [9.17, 15) is 0 Å². The Morgan fingerprint density at radius 1 is 0.460 bits per heavy atom. The first-order valence-corrected chi connectivity index (χ1v) is 16.0. The number of anilines is 2. The molecule has 8 heteroatoms. The summed E-state index contributed by atoms with van der Waals surface area (Å²) in [4.78, 5) is 4.20. The highest BCUT2D eigenvalue weighted by atomic mass is 35.5. The molecular weight excluding hydrogens is 663 g/mol. The van der Waals surface area contributed by atoms with Crippen molar-refractivity contribution in [1.82, 2.24) is 0 Å². The van der Waals surface area contributed by atoms with E-state index >= 15 is 0 Å². The molecule has 2 heterocycles. The number of furan rings is 2. The standard InChI is InChI=1S/2C21H23N2O.2ClH/c2*1-22(2)18-11-7-16(8-12-18)21(20-6-5-15-24-20)17-9-13-19(14-10-17)23(3)4;;/h2*5-15H,1-4H3;2*1H/q2*+1;;/p-2. The van der Waals surface area contributed by atoms with Gasteiger partial charge in [-0.05, 0) is 95.1 Å². The number of hydrogen-bond acceptors (Lipinski definition) is 4. The van der Waals surface area contributed by atoms with Gasteiger partial charge in [0.1, 0.15) is 39.7 Å². The lowest BCUT2D eigenvalue weighted by atomic mass is 9.94. The van der Waals surface area contributed by atoms with Crippen LogP contribution in [0.5, 0.6) is 0 Å². The number of allylic oxidation sites excluding steroid dienone is 10. The molecule has 0 saturated carbocycles. The quantitative estimate of drug-likeness (QED) is 0.288. The molecule has 260 valence electrons. The van der Waals surface area contributed by atoms with Crippen LogP contribution in [0.1, 0.15) is 22.6 Å². The summed E-state index contributed by atoms with van der Waals surface area (Å²) in [5.41, 5.74) is 11.5. The van der Waals surface area contributed by atoms with Crippen LogP contribution in [0.3, 0.4) is 0 Å². The average molecular weight is 710 g/mol. The van der Waals surface area contributed by atoms with Crippen molar-refractivity contribution in [1.29, 1.82) is 0 Å². The third kappa shape index (κ3) is 9.56. The molecule has 0 N–H and O–H groups in total. The minimum absolute atomic E-state index is 0. The predicted molar refractivity (Wildman–Crippen MR) is 202 cm³/mol. The first-order chi connectivity index (χ1) is 23.1. The van der Waals surface area contributed by atoms with Crippen molar-refractivity contribution in [3.05, 3.63) is 168 Å². The minimum Gasteiger partial charge on any atom is -1.00 e. The zero-order valence-electron chi connectivity index (χ0n) is 30.1. The van der Waals surface area contributed by atoms with Gasteiger partial charge in [0.25, 0.3) is 0 Å². The molecule has 0 unspecified atom stereocenters. The summed E-state index contributed by atoms with van der Waals surface area (Å²) in [5.74, 6) is 1.76. The molecule has 0 amide bonds. The molecule has 0 spiro atoms. The molecule has 0 bridgehead atoms. The lowest BCUT2D eigenvalue weighted by Crippen LogP contribution is -3.00. The van der Waals surface area contributed by atoms with Gasteiger partial charge in [0.15, 0.2) is 11.4 Å². The van der Waals surface area contributed by atoms with Gasteiger partial charge < -0.3 is 43.4 Å². The molecule has 0 aliphatic heterocycles. The van der Waals surface area contributed by atoms with Crippen molar-refractivity contribution >= 4 is 33.9 Å². The first-order valence-electron chi connectivity index (χ1n) is 16.0. The number of rotatable bonds is 6. The zero-order valence-corrected chi connectivity index (χ0v) is 31.6. The molecule has 50 heavy (non-hydrogen) atoms. The van der Waals surface area contributed by atoms with Gasteiger partial charge in [-0.25, -0.2) is 9.15 Å². The normalized spacial score (nSPS) is 12.8. The van der Waals surface area contributed by atoms with Crippen molar-refractivity contribution in [2.24, 2.45) is 0 Å². The number of hydrogen-bond donors (Lipinski definition) is 0. The van der Waals surface area contributed by atoms with Crippen LogP contribution in [0.15, 0.2) is 154 Å². The topological polar surface area (TPSA) is 38.8 Å². The molecule has 0 saturated heterocycles. The molecule has 2 aliphatic carbocycles. The highest BCUT2D eigenvalue weighted by molar-refractivity contribution is 6.04. The fraction of sp³-hybridized carbons (Fsp3) is 0.190. The van der Waals surface area contributed by atoms with E-state index in [1.807, 2.05) is 80.6 Å². The van der Waals surface area contributed by atoms with Crippen LogP contribution in [0.4, 0.5) is 11.4 Å². The second-order valence-corrected chi connectivity index (χ2v) is 12.5. The van der Waals surface area contributed by atoms with Gasteiger partial charge in [0, 0.05) is 75.0 Å². The first kappa shape index (κ1) is 39.4. The largest absolute Gasteiger partial charge is 1.00 e. The summed E-state index contributed by atoms with van der Waals surface area (Å²) in [5, 5.41) is 0. The van der Waals surface area contributed by atoms with Crippen molar-refractivity contribution in [2.45, 2.75) is 0 Å². The van der Waals surface area contributed by atoms with E-state index in [-0.39, 0.29) is 24.8 Å². The molecule has 2 aliphatic rings. The highest BCUT2D eigenvalue weighted by Gasteiger charge is 2.16. The Balaban J connectivity index is 0.000000260. The van der Waals surface area contributed by atoms with Crippen molar-refractivity contribution in [2.75, 3.05) is 66.2 Å². The van der Waals surface area contributed by atoms with Crippen molar-refractivity contribution in [3.8, 4) is 0 Å². The van der Waals surface area contributed by atoms with Gasteiger partial charge in [0.2, 0.25) is 0 Å². The molecule has 0 atom stereocenters. The van der Waals surface area contributed by atoms with Gasteiger partial charge >= 0.3 is 0 Å². The average Bonchev–Trinajstić information content (AvgIpc) is 3.82. The predicted octanol–water partition coefficient (Wildman–Crippen LogP) is 1.98. The Kier molecular flexibility index (Phi) is 14.3. The fourth-order valence-electron chi connectivity index (χ4n) is 5.45. The summed E-state index contributed by atoms with van der Waals surface area (Å²) >= 11 is 0. The second-order valence-electron chi connectivity index (χ2n) is 12.5. The number of benzene rings is 2. The van der Waals surface area contributed by atoms with Gasteiger partial charge in [-0.2, -0.15) is 0 Å². The van der Waals surface area contributed by atoms with Gasteiger partial charge in [-0.3, -0.25) is 0 Å². The molecule has 6 rings (SSSR count). The van der Waals surface area contributed by atoms with E-state index in [0.29, 0.717) is 0 Å². The summed E-state index contributed by atoms with van der Waals surface area (Å²) < 4.78 is 15.6. The van der Waals surface area contributed by atoms with Gasteiger partial charge in [-0.15, -0.1) is 0 Å². The lowest BCUT2D eigenvalue weighted by Gasteiger charge is -2.15. The molecule has 4 aromatic rings. The van der Waals surface area contributed by atoms with Crippen LogP contribution in [-0.4, -0.2) is 77.0 Å². The van der Waals surface area contributed by atoms with Crippen LogP contribution in [-0.2, 0) is 0 Å². The van der Waals surface area contributed by atoms with Crippen molar-refractivity contribution < 1.29 is 42.8 Å². The van der Waals surface area contributed by atoms with Gasteiger partial charge in [0.05, 0.1) is 12.5 Å². The fourth-order valence-corrected chi connectivity index (χ4v) is 5.45. The zero-order chi connectivity index (χ0) is 34.2. The number of nitrogens with zero attached hydrogens (tertiary/aromatic N) is 4. The molecule has 0 fully saturated rings. The van der Waals surface area contributed by atoms with Gasteiger partial charge in [-0.1, -0.05) is 24.3 Å². The molecule has 0 radical (unpaired) electrons. The Labute approximate surface area is 309 Å². The molecule has 6 nitrogen and oxygen atoms in total.